The smallest absolute Gasteiger partial charge is 0.311 e. The molecule has 0 saturated carbocycles. The van der Waals surface area contributed by atoms with Gasteiger partial charge in [-0.05, 0) is 49.1 Å². The molecular formula is C27H30O4. The Morgan fingerprint density at radius 1 is 0.806 bits per heavy atom. The number of ether oxygens (including phenoxy) is 3. The minimum Gasteiger partial charge on any atom is -0.490 e. The molecule has 3 rings (SSSR count). The van der Waals surface area contributed by atoms with Crippen LogP contribution in [0.4, 0.5) is 0 Å². The molecule has 162 valence electrons. The number of rotatable bonds is 11. The number of para-hydroxylation sites is 1. The molecule has 0 aliphatic rings. The van der Waals surface area contributed by atoms with E-state index >= 15 is 0 Å². The third-order valence-electron chi connectivity index (χ3n) is 4.88. The van der Waals surface area contributed by atoms with Gasteiger partial charge < -0.3 is 14.2 Å². The molecule has 4 heteroatoms. The summed E-state index contributed by atoms with van der Waals surface area (Å²) in [5, 5.41) is 0. The topological polar surface area (TPSA) is 44.8 Å². The van der Waals surface area contributed by atoms with E-state index in [0.717, 1.165) is 41.0 Å². The lowest BCUT2D eigenvalue weighted by atomic mass is 10.0. The van der Waals surface area contributed by atoms with Gasteiger partial charge in [0, 0.05) is 12.0 Å². The van der Waals surface area contributed by atoms with Crippen LogP contribution in [0.3, 0.4) is 0 Å². The summed E-state index contributed by atoms with van der Waals surface area (Å²) in [6, 6.07) is 23.4. The van der Waals surface area contributed by atoms with Crippen LogP contribution < -0.4 is 14.2 Å². The van der Waals surface area contributed by atoms with Crippen LogP contribution in [0, 0.1) is 0 Å². The average molecular weight is 419 g/mol. The van der Waals surface area contributed by atoms with E-state index in [4.69, 9.17) is 14.2 Å². The van der Waals surface area contributed by atoms with Gasteiger partial charge in [0.25, 0.3) is 0 Å². The predicted molar refractivity (Wildman–Crippen MR) is 124 cm³/mol. The fraction of sp³-hybridized carbons (Fsp3) is 0.296. The van der Waals surface area contributed by atoms with Crippen LogP contribution in [0.15, 0.2) is 72.8 Å². The Bertz CT molecular complexity index is 966. The van der Waals surface area contributed by atoms with Crippen LogP contribution in [0.2, 0.25) is 0 Å². The number of unbranched alkanes of at least 4 members (excludes halogenated alkanes) is 1. The molecule has 0 unspecified atom stereocenters. The summed E-state index contributed by atoms with van der Waals surface area (Å²) < 4.78 is 17.3. The normalized spacial score (nSPS) is 10.5. The van der Waals surface area contributed by atoms with Gasteiger partial charge in [0.2, 0.25) is 0 Å². The van der Waals surface area contributed by atoms with Crippen LogP contribution in [-0.4, -0.2) is 19.2 Å². The van der Waals surface area contributed by atoms with Crippen molar-refractivity contribution in [2.75, 3.05) is 13.2 Å². The lowest BCUT2D eigenvalue weighted by Crippen LogP contribution is -2.10. The van der Waals surface area contributed by atoms with Crippen LogP contribution in [0.5, 0.6) is 17.2 Å². The van der Waals surface area contributed by atoms with E-state index in [2.05, 4.69) is 6.92 Å². The lowest BCUT2D eigenvalue weighted by molar-refractivity contribution is -0.134. The maximum Gasteiger partial charge on any atom is 0.311 e. The molecule has 3 aromatic carbocycles. The molecule has 3 aromatic rings. The minimum absolute atomic E-state index is 0.260. The van der Waals surface area contributed by atoms with Crippen molar-refractivity contribution in [2.45, 2.75) is 39.5 Å². The first-order valence-electron chi connectivity index (χ1n) is 10.9. The fourth-order valence-corrected chi connectivity index (χ4v) is 3.25. The standard InChI is InChI=1S/C27H30O4/c1-3-5-19-30-25-17-15-21(20-26(25)29-4-2)16-18-27(28)31-24-14-10-9-13-23(24)22-11-7-6-8-12-22/h6-15,17,20H,3-5,16,18-19H2,1-2H3. The van der Waals surface area contributed by atoms with Gasteiger partial charge in [0.05, 0.1) is 13.2 Å². The molecule has 0 bridgehead atoms. The van der Waals surface area contributed by atoms with Gasteiger partial charge in [-0.25, -0.2) is 0 Å². The van der Waals surface area contributed by atoms with Gasteiger partial charge in [-0.2, -0.15) is 0 Å². The van der Waals surface area contributed by atoms with Crippen molar-refractivity contribution in [2.24, 2.45) is 0 Å². The third-order valence-corrected chi connectivity index (χ3v) is 4.88. The maximum atomic E-state index is 12.5. The Balaban J connectivity index is 1.63. The van der Waals surface area contributed by atoms with Gasteiger partial charge >= 0.3 is 5.97 Å². The molecule has 0 aliphatic carbocycles. The quantitative estimate of drug-likeness (QED) is 0.203. The number of aryl methyl sites for hydroxylation is 1. The van der Waals surface area contributed by atoms with E-state index in [1.165, 1.54) is 0 Å². The van der Waals surface area contributed by atoms with Crippen molar-refractivity contribution in [3.05, 3.63) is 78.4 Å². The maximum absolute atomic E-state index is 12.5. The zero-order chi connectivity index (χ0) is 21.9. The average Bonchev–Trinajstić information content (AvgIpc) is 2.80. The summed E-state index contributed by atoms with van der Waals surface area (Å²) in [6.07, 6.45) is 2.94. The zero-order valence-electron chi connectivity index (χ0n) is 18.3. The van der Waals surface area contributed by atoms with E-state index < -0.39 is 0 Å². The van der Waals surface area contributed by atoms with Crippen LogP contribution >= 0.6 is 0 Å². The second kappa shape index (κ2) is 11.8. The van der Waals surface area contributed by atoms with E-state index in [1.54, 1.807) is 0 Å². The Labute approximate surface area is 184 Å². The Hall–Kier alpha value is -3.27. The monoisotopic (exact) mass is 418 g/mol. The van der Waals surface area contributed by atoms with Crippen molar-refractivity contribution >= 4 is 5.97 Å². The Morgan fingerprint density at radius 3 is 2.35 bits per heavy atom. The number of carbonyl (C=O) groups is 1. The zero-order valence-corrected chi connectivity index (χ0v) is 18.3. The van der Waals surface area contributed by atoms with Gasteiger partial charge in [-0.1, -0.05) is 67.9 Å². The highest BCUT2D eigenvalue weighted by Crippen LogP contribution is 2.31. The number of carbonyl (C=O) groups excluding carboxylic acids is 1. The summed E-state index contributed by atoms with van der Waals surface area (Å²) in [7, 11) is 0. The molecule has 0 fully saturated rings. The molecule has 0 N–H and O–H groups in total. The SMILES string of the molecule is CCCCOc1ccc(CCC(=O)Oc2ccccc2-c2ccccc2)cc1OCC. The van der Waals surface area contributed by atoms with E-state index in [-0.39, 0.29) is 12.4 Å². The summed E-state index contributed by atoms with van der Waals surface area (Å²) in [4.78, 5) is 12.5. The highest BCUT2D eigenvalue weighted by atomic mass is 16.5. The summed E-state index contributed by atoms with van der Waals surface area (Å²) in [6.45, 7) is 5.31. The second-order valence-corrected chi connectivity index (χ2v) is 7.25. The molecule has 31 heavy (non-hydrogen) atoms. The molecule has 4 nitrogen and oxygen atoms in total. The second-order valence-electron chi connectivity index (χ2n) is 7.25. The molecule has 0 aromatic heterocycles. The van der Waals surface area contributed by atoms with Crippen LogP contribution in [-0.2, 0) is 11.2 Å². The number of hydrogen-bond donors (Lipinski definition) is 0. The molecule has 0 spiro atoms. The van der Waals surface area contributed by atoms with Crippen molar-refractivity contribution in [1.29, 1.82) is 0 Å². The molecule has 0 radical (unpaired) electrons. The van der Waals surface area contributed by atoms with E-state index in [9.17, 15) is 4.79 Å². The first kappa shape index (κ1) is 22.4. The first-order chi connectivity index (χ1) is 15.2. The van der Waals surface area contributed by atoms with Crippen molar-refractivity contribution in [3.63, 3.8) is 0 Å². The summed E-state index contributed by atoms with van der Waals surface area (Å²) in [5.74, 6) is 1.79. The Morgan fingerprint density at radius 2 is 1.58 bits per heavy atom. The van der Waals surface area contributed by atoms with Crippen LogP contribution in [0.25, 0.3) is 11.1 Å². The number of esters is 1. The predicted octanol–water partition coefficient (Wildman–Crippen LogP) is 6.47. The molecule has 0 aliphatic heterocycles. The van der Waals surface area contributed by atoms with Crippen molar-refractivity contribution in [3.8, 4) is 28.4 Å². The number of benzene rings is 3. The number of hydrogen-bond acceptors (Lipinski definition) is 4. The largest absolute Gasteiger partial charge is 0.490 e. The third kappa shape index (κ3) is 6.61. The molecule has 0 saturated heterocycles. The molecule has 0 heterocycles. The van der Waals surface area contributed by atoms with Gasteiger partial charge in [0.1, 0.15) is 5.75 Å². The molecule has 0 atom stereocenters. The molecular weight excluding hydrogens is 388 g/mol. The van der Waals surface area contributed by atoms with Crippen LogP contribution in [0.1, 0.15) is 38.7 Å². The highest BCUT2D eigenvalue weighted by molar-refractivity contribution is 5.78. The lowest BCUT2D eigenvalue weighted by Gasteiger charge is -2.13. The minimum atomic E-state index is -0.260. The van der Waals surface area contributed by atoms with Crippen molar-refractivity contribution in [1.82, 2.24) is 0 Å². The van der Waals surface area contributed by atoms with E-state index in [0.29, 0.717) is 25.4 Å². The Kier molecular flexibility index (Phi) is 8.53. The first-order valence-corrected chi connectivity index (χ1v) is 10.9. The summed E-state index contributed by atoms with van der Waals surface area (Å²) >= 11 is 0. The van der Waals surface area contributed by atoms with Crippen molar-refractivity contribution < 1.29 is 19.0 Å². The molecule has 0 amide bonds. The van der Waals surface area contributed by atoms with Gasteiger partial charge in [-0.3, -0.25) is 4.79 Å². The highest BCUT2D eigenvalue weighted by Gasteiger charge is 2.12. The fourth-order valence-electron chi connectivity index (χ4n) is 3.25. The van der Waals surface area contributed by atoms with Gasteiger partial charge in [0.15, 0.2) is 11.5 Å². The summed E-state index contributed by atoms with van der Waals surface area (Å²) in [5.41, 5.74) is 2.94. The van der Waals surface area contributed by atoms with Gasteiger partial charge in [-0.15, -0.1) is 0 Å². The van der Waals surface area contributed by atoms with E-state index in [1.807, 2.05) is 79.7 Å².